The molecule has 0 radical (unpaired) electrons. The second kappa shape index (κ2) is 9.85. The first kappa shape index (κ1) is 21.9. The third-order valence-electron chi connectivity index (χ3n) is 4.77. The molecule has 1 aliphatic heterocycles. The van der Waals surface area contributed by atoms with Gasteiger partial charge < -0.3 is 4.74 Å². The standard InChI is InChI=1S/C25H18ClNO4S/c26-20-10-6-18(7-11-20)16-31-21-12-8-17(9-13-21)14-23-24(29)27(25(30)32-23)15-22(28)19-4-2-1-3-5-19/h1-14H,15-16H2/b23-14-. The summed E-state index contributed by atoms with van der Waals surface area (Å²) in [5.74, 6) is -0.0673. The van der Waals surface area contributed by atoms with Gasteiger partial charge in [-0.05, 0) is 53.2 Å². The van der Waals surface area contributed by atoms with Gasteiger partial charge in [0.15, 0.2) is 5.78 Å². The molecule has 4 rings (SSSR count). The molecule has 0 bridgehead atoms. The Morgan fingerprint density at radius 3 is 2.31 bits per heavy atom. The largest absolute Gasteiger partial charge is 0.489 e. The monoisotopic (exact) mass is 463 g/mol. The van der Waals surface area contributed by atoms with Crippen LogP contribution in [-0.4, -0.2) is 28.4 Å². The van der Waals surface area contributed by atoms with Gasteiger partial charge in [-0.1, -0.05) is 66.2 Å². The molecule has 0 aromatic heterocycles. The zero-order valence-electron chi connectivity index (χ0n) is 16.9. The van der Waals surface area contributed by atoms with Gasteiger partial charge in [-0.2, -0.15) is 0 Å². The van der Waals surface area contributed by atoms with E-state index >= 15 is 0 Å². The number of carbonyl (C=O) groups is 3. The van der Waals surface area contributed by atoms with Crippen molar-refractivity contribution in [1.82, 2.24) is 4.90 Å². The molecule has 0 N–H and O–H groups in total. The molecular formula is C25H18ClNO4S. The number of rotatable bonds is 7. The van der Waals surface area contributed by atoms with Gasteiger partial charge in [0.05, 0.1) is 11.4 Å². The molecule has 0 atom stereocenters. The van der Waals surface area contributed by atoms with Crippen molar-refractivity contribution >= 4 is 46.4 Å². The fourth-order valence-electron chi connectivity index (χ4n) is 3.05. The average Bonchev–Trinajstić information content (AvgIpc) is 3.07. The molecule has 0 unspecified atom stereocenters. The Morgan fingerprint density at radius 1 is 0.938 bits per heavy atom. The summed E-state index contributed by atoms with van der Waals surface area (Å²) in [5, 5.41) is 0.223. The highest BCUT2D eigenvalue weighted by atomic mass is 35.5. The number of hydrogen-bond donors (Lipinski definition) is 0. The minimum atomic E-state index is -0.465. The molecule has 1 fully saturated rings. The number of imide groups is 1. The van der Waals surface area contributed by atoms with Crippen molar-refractivity contribution in [2.24, 2.45) is 0 Å². The SMILES string of the molecule is O=C(CN1C(=O)S/C(=C\c2ccc(OCc3ccc(Cl)cc3)cc2)C1=O)c1ccccc1. The highest BCUT2D eigenvalue weighted by molar-refractivity contribution is 8.18. The minimum Gasteiger partial charge on any atom is -0.489 e. The summed E-state index contributed by atoms with van der Waals surface area (Å²) in [6.45, 7) is 0.133. The molecule has 3 aromatic carbocycles. The van der Waals surface area contributed by atoms with Crippen LogP contribution in [0.3, 0.4) is 0 Å². The molecule has 2 amide bonds. The van der Waals surface area contributed by atoms with Crippen molar-refractivity contribution in [1.29, 1.82) is 0 Å². The molecule has 1 saturated heterocycles. The summed E-state index contributed by atoms with van der Waals surface area (Å²) >= 11 is 6.72. The van der Waals surface area contributed by atoms with Crippen LogP contribution in [0, 0.1) is 0 Å². The molecular weight excluding hydrogens is 446 g/mol. The molecule has 160 valence electrons. The van der Waals surface area contributed by atoms with E-state index in [0.29, 0.717) is 22.9 Å². The first-order valence-electron chi connectivity index (χ1n) is 9.80. The smallest absolute Gasteiger partial charge is 0.293 e. The number of halogens is 1. The maximum Gasteiger partial charge on any atom is 0.293 e. The number of Topliss-reactive ketones (excluding diaryl/α,β-unsaturated/α-hetero) is 1. The maximum atomic E-state index is 12.7. The van der Waals surface area contributed by atoms with Crippen molar-refractivity contribution in [2.75, 3.05) is 6.54 Å². The van der Waals surface area contributed by atoms with E-state index in [1.165, 1.54) is 0 Å². The number of hydrogen-bond acceptors (Lipinski definition) is 5. The third kappa shape index (κ3) is 5.28. The van der Waals surface area contributed by atoms with E-state index in [2.05, 4.69) is 0 Å². The molecule has 32 heavy (non-hydrogen) atoms. The summed E-state index contributed by atoms with van der Waals surface area (Å²) < 4.78 is 5.76. The number of nitrogens with zero attached hydrogens (tertiary/aromatic N) is 1. The molecule has 0 saturated carbocycles. The predicted octanol–water partition coefficient (Wildman–Crippen LogP) is 5.84. The van der Waals surface area contributed by atoms with E-state index in [-0.39, 0.29) is 17.2 Å². The van der Waals surface area contributed by atoms with E-state index in [1.807, 2.05) is 24.3 Å². The van der Waals surface area contributed by atoms with Crippen LogP contribution < -0.4 is 4.74 Å². The zero-order valence-corrected chi connectivity index (χ0v) is 18.4. The Kier molecular flexibility index (Phi) is 6.73. The van der Waals surface area contributed by atoms with Gasteiger partial charge in [0.1, 0.15) is 12.4 Å². The van der Waals surface area contributed by atoms with Crippen molar-refractivity contribution in [2.45, 2.75) is 6.61 Å². The second-order valence-corrected chi connectivity index (χ2v) is 8.47. The van der Waals surface area contributed by atoms with Gasteiger partial charge >= 0.3 is 0 Å². The van der Waals surface area contributed by atoms with Crippen LogP contribution in [0.5, 0.6) is 5.75 Å². The molecule has 0 spiro atoms. The second-order valence-electron chi connectivity index (χ2n) is 7.04. The zero-order chi connectivity index (χ0) is 22.5. The van der Waals surface area contributed by atoms with Crippen LogP contribution in [-0.2, 0) is 11.4 Å². The lowest BCUT2D eigenvalue weighted by atomic mass is 10.1. The summed E-state index contributed by atoms with van der Waals surface area (Å²) in [6.07, 6.45) is 1.64. The summed E-state index contributed by atoms with van der Waals surface area (Å²) in [7, 11) is 0. The average molecular weight is 464 g/mol. The highest BCUT2D eigenvalue weighted by Gasteiger charge is 2.36. The Hall–Kier alpha value is -3.35. The normalized spacial score (nSPS) is 14.8. The van der Waals surface area contributed by atoms with Gasteiger partial charge in [-0.25, -0.2) is 0 Å². The van der Waals surface area contributed by atoms with Gasteiger partial charge in [-0.3, -0.25) is 19.3 Å². The number of benzene rings is 3. The fourth-order valence-corrected chi connectivity index (χ4v) is 4.02. The molecule has 5 nitrogen and oxygen atoms in total. The summed E-state index contributed by atoms with van der Waals surface area (Å²) in [6, 6.07) is 23.2. The molecule has 0 aliphatic carbocycles. The van der Waals surface area contributed by atoms with Crippen molar-refractivity contribution < 1.29 is 19.1 Å². The molecule has 1 heterocycles. The van der Waals surface area contributed by atoms with Crippen LogP contribution >= 0.6 is 23.4 Å². The Balaban J connectivity index is 1.39. The Bertz CT molecular complexity index is 1170. The van der Waals surface area contributed by atoms with E-state index in [1.54, 1.807) is 60.7 Å². The van der Waals surface area contributed by atoms with Crippen molar-refractivity contribution in [3.05, 3.63) is 105 Å². The lowest BCUT2D eigenvalue weighted by molar-refractivity contribution is -0.122. The first-order chi connectivity index (χ1) is 15.5. The van der Waals surface area contributed by atoms with Crippen molar-refractivity contribution in [3.63, 3.8) is 0 Å². The van der Waals surface area contributed by atoms with Gasteiger partial charge in [0.2, 0.25) is 0 Å². The molecule has 7 heteroatoms. The molecule has 1 aliphatic rings. The third-order valence-corrected chi connectivity index (χ3v) is 5.93. The van der Waals surface area contributed by atoms with Crippen LogP contribution in [0.4, 0.5) is 4.79 Å². The lowest BCUT2D eigenvalue weighted by Crippen LogP contribution is -2.33. The summed E-state index contributed by atoms with van der Waals surface area (Å²) in [5.41, 5.74) is 2.21. The number of thioether (sulfide) groups is 1. The van der Waals surface area contributed by atoms with Crippen LogP contribution in [0.15, 0.2) is 83.8 Å². The van der Waals surface area contributed by atoms with Crippen molar-refractivity contribution in [3.8, 4) is 5.75 Å². The number of amides is 2. The van der Waals surface area contributed by atoms with Gasteiger partial charge in [-0.15, -0.1) is 0 Å². The van der Waals surface area contributed by atoms with E-state index in [0.717, 1.165) is 27.8 Å². The van der Waals surface area contributed by atoms with Crippen LogP contribution in [0.1, 0.15) is 21.5 Å². The maximum absolute atomic E-state index is 12.7. The van der Waals surface area contributed by atoms with E-state index < -0.39 is 11.1 Å². The minimum absolute atomic E-state index is 0.274. The quantitative estimate of drug-likeness (QED) is 0.325. The highest BCUT2D eigenvalue weighted by Crippen LogP contribution is 2.32. The number of ether oxygens (including phenoxy) is 1. The first-order valence-corrected chi connectivity index (χ1v) is 11.0. The molecule has 3 aromatic rings. The van der Waals surface area contributed by atoms with Crippen LogP contribution in [0.2, 0.25) is 5.02 Å². The summed E-state index contributed by atoms with van der Waals surface area (Å²) in [4.78, 5) is 38.6. The number of ketones is 1. The lowest BCUT2D eigenvalue weighted by Gasteiger charge is -2.11. The fraction of sp³-hybridized carbons (Fsp3) is 0.0800. The van der Waals surface area contributed by atoms with E-state index in [4.69, 9.17) is 16.3 Å². The topological polar surface area (TPSA) is 63.7 Å². The predicted molar refractivity (Wildman–Crippen MR) is 126 cm³/mol. The van der Waals surface area contributed by atoms with Gasteiger partial charge in [0.25, 0.3) is 11.1 Å². The Morgan fingerprint density at radius 2 is 1.62 bits per heavy atom. The number of carbonyl (C=O) groups excluding carboxylic acids is 3. The van der Waals surface area contributed by atoms with Crippen LogP contribution in [0.25, 0.3) is 6.08 Å². The van der Waals surface area contributed by atoms with Gasteiger partial charge in [0, 0.05) is 10.6 Å². The Labute approximate surface area is 194 Å². The van der Waals surface area contributed by atoms with E-state index in [9.17, 15) is 14.4 Å².